The van der Waals surface area contributed by atoms with Gasteiger partial charge in [-0.1, -0.05) is 26.2 Å². The monoisotopic (exact) mass is 563 g/mol. The average Bonchev–Trinajstić information content (AvgIpc) is 2.85. The number of carbonyl (C=O) groups excluding carboxylic acids is 3. The topological polar surface area (TPSA) is 99.2 Å². The zero-order valence-corrected chi connectivity index (χ0v) is 23.0. The molecule has 1 unspecified atom stereocenters. The smallest absolute Gasteiger partial charge is 0.417 e. The molecule has 3 rings (SSSR count). The summed E-state index contributed by atoms with van der Waals surface area (Å²) in [4.78, 5) is 41.4. The number of aliphatic hydroxyl groups excluding tert-OH is 1. The molecular formula is C26H37ClF3N3O5. The summed E-state index contributed by atoms with van der Waals surface area (Å²) >= 11 is 0. The molecule has 0 radical (unpaired) electrons. The fraction of sp³-hybridized carbons (Fsp3) is 0.654. The number of hydrogen-bond donors (Lipinski definition) is 2. The summed E-state index contributed by atoms with van der Waals surface area (Å²) in [6.07, 6.45) is -0.382. The van der Waals surface area contributed by atoms with Crippen LogP contribution in [0.3, 0.4) is 0 Å². The van der Waals surface area contributed by atoms with E-state index in [-0.39, 0.29) is 61.3 Å². The van der Waals surface area contributed by atoms with Crippen LogP contribution in [0.2, 0.25) is 0 Å². The molecule has 2 aliphatic rings. The first-order valence-electron chi connectivity index (χ1n) is 12.8. The predicted molar refractivity (Wildman–Crippen MR) is 139 cm³/mol. The lowest BCUT2D eigenvalue weighted by atomic mass is 9.92. The summed E-state index contributed by atoms with van der Waals surface area (Å²) in [5, 5.41) is 12.5. The number of benzene rings is 1. The predicted octanol–water partition coefficient (Wildman–Crippen LogP) is 4.31. The van der Waals surface area contributed by atoms with Crippen LogP contribution in [0.25, 0.3) is 0 Å². The molecule has 38 heavy (non-hydrogen) atoms. The molecule has 1 aromatic rings. The largest absolute Gasteiger partial charge is 0.473 e. The van der Waals surface area contributed by atoms with Gasteiger partial charge in [-0.05, 0) is 45.7 Å². The molecule has 12 heteroatoms. The first-order valence-corrected chi connectivity index (χ1v) is 12.8. The minimum Gasteiger partial charge on any atom is -0.473 e. The highest BCUT2D eigenvalue weighted by Crippen LogP contribution is 2.44. The van der Waals surface area contributed by atoms with E-state index in [1.165, 1.54) is 16.7 Å². The van der Waals surface area contributed by atoms with Crippen LogP contribution in [0.5, 0.6) is 5.75 Å². The maximum Gasteiger partial charge on any atom is 0.417 e. The lowest BCUT2D eigenvalue weighted by molar-refractivity contribution is -0.139. The zero-order valence-electron chi connectivity index (χ0n) is 22.2. The fourth-order valence-electron chi connectivity index (χ4n) is 5.03. The van der Waals surface area contributed by atoms with E-state index in [1.807, 2.05) is 0 Å². The molecule has 214 valence electrons. The fourth-order valence-corrected chi connectivity index (χ4v) is 5.03. The van der Waals surface area contributed by atoms with Gasteiger partial charge in [0.2, 0.25) is 11.5 Å². The Bertz CT molecular complexity index is 1030. The third-order valence-corrected chi connectivity index (χ3v) is 7.00. The number of anilines is 1. The number of aliphatic hydroxyl groups is 1. The summed E-state index contributed by atoms with van der Waals surface area (Å²) in [7, 11) is 0. The second-order valence-corrected chi connectivity index (χ2v) is 10.1. The minimum atomic E-state index is -4.87. The quantitative estimate of drug-likeness (QED) is 0.491. The lowest BCUT2D eigenvalue weighted by Crippen LogP contribution is -2.58. The van der Waals surface area contributed by atoms with Crippen molar-refractivity contribution in [3.63, 3.8) is 0 Å². The number of rotatable bonds is 8. The van der Waals surface area contributed by atoms with Crippen molar-refractivity contribution in [2.75, 3.05) is 24.6 Å². The first-order chi connectivity index (χ1) is 17.3. The van der Waals surface area contributed by atoms with Gasteiger partial charge in [-0.15, -0.1) is 12.4 Å². The summed E-state index contributed by atoms with van der Waals surface area (Å²) in [5.74, 6) is -1.96. The van der Waals surface area contributed by atoms with Gasteiger partial charge >= 0.3 is 6.18 Å². The van der Waals surface area contributed by atoms with E-state index in [0.717, 1.165) is 44.2 Å². The van der Waals surface area contributed by atoms with Crippen molar-refractivity contribution >= 4 is 35.8 Å². The number of nitrogens with one attached hydrogen (secondary N) is 1. The normalized spacial score (nSPS) is 19.9. The first kappa shape index (κ1) is 31.7. The van der Waals surface area contributed by atoms with Gasteiger partial charge in [0, 0.05) is 31.6 Å². The number of halogens is 4. The molecule has 2 N–H and O–H groups in total. The number of ether oxygens (including phenoxy) is 1. The van der Waals surface area contributed by atoms with E-state index in [4.69, 9.17) is 4.74 Å². The van der Waals surface area contributed by atoms with Crippen molar-refractivity contribution in [3.8, 4) is 5.75 Å². The number of amides is 3. The molecule has 1 atom stereocenters. The third-order valence-electron chi connectivity index (χ3n) is 7.00. The van der Waals surface area contributed by atoms with Gasteiger partial charge in [0.05, 0.1) is 23.4 Å². The van der Waals surface area contributed by atoms with Gasteiger partial charge in [0.1, 0.15) is 5.75 Å². The Hall–Kier alpha value is -2.53. The Morgan fingerprint density at radius 3 is 2.39 bits per heavy atom. The van der Waals surface area contributed by atoms with Crippen LogP contribution >= 0.6 is 12.4 Å². The molecule has 8 nitrogen and oxygen atoms in total. The van der Waals surface area contributed by atoms with Crippen molar-refractivity contribution in [2.45, 2.75) is 90.1 Å². The molecule has 1 aromatic carbocycles. The standard InChI is InChI=1S/C26H36F3N3O5.ClH/c1-5-22(34)30-11-12-31-20-13-18(23(35)32(16(2)3)17-9-7-6-8-10-17)19(26(27,28)29)14-21(20)37-25(4,15-33)24(31)36;/h13-14,16-17,33H,5-12,15H2,1-4H3,(H,30,34);1H. The molecule has 0 aromatic heterocycles. The molecule has 1 aliphatic heterocycles. The number of alkyl halides is 3. The second-order valence-electron chi connectivity index (χ2n) is 10.1. The zero-order chi connectivity index (χ0) is 27.5. The van der Waals surface area contributed by atoms with E-state index in [0.29, 0.717) is 0 Å². The van der Waals surface area contributed by atoms with Crippen LogP contribution in [0.1, 0.15) is 82.1 Å². The average molecular weight is 564 g/mol. The second kappa shape index (κ2) is 12.5. The molecule has 0 bridgehead atoms. The van der Waals surface area contributed by atoms with Gasteiger partial charge < -0.3 is 25.0 Å². The SMILES string of the molecule is CCC(=O)NCCN1C(=O)C(C)(CO)Oc2cc(C(F)(F)F)c(C(=O)N(C(C)C)C3CCCCC3)cc21.Cl. The van der Waals surface area contributed by atoms with Crippen LogP contribution in [-0.4, -0.2) is 65.1 Å². The number of hydrogen-bond acceptors (Lipinski definition) is 5. The van der Waals surface area contributed by atoms with Gasteiger partial charge in [0.15, 0.2) is 0 Å². The molecule has 3 amide bonds. The van der Waals surface area contributed by atoms with Crippen molar-refractivity contribution in [2.24, 2.45) is 0 Å². The Labute approximate surface area is 227 Å². The van der Waals surface area contributed by atoms with Gasteiger partial charge in [0.25, 0.3) is 11.8 Å². The Morgan fingerprint density at radius 1 is 1.24 bits per heavy atom. The number of carbonyl (C=O) groups is 3. The Kier molecular flexibility index (Phi) is 10.5. The van der Waals surface area contributed by atoms with E-state index >= 15 is 0 Å². The highest BCUT2D eigenvalue weighted by Gasteiger charge is 2.47. The van der Waals surface area contributed by atoms with Crippen LogP contribution in [0.4, 0.5) is 18.9 Å². The summed E-state index contributed by atoms with van der Waals surface area (Å²) in [5.41, 5.74) is -3.54. The van der Waals surface area contributed by atoms with Crippen molar-refractivity contribution in [3.05, 3.63) is 23.3 Å². The van der Waals surface area contributed by atoms with Gasteiger partial charge in [-0.25, -0.2) is 0 Å². The molecule has 1 saturated carbocycles. The summed E-state index contributed by atoms with van der Waals surface area (Å²) < 4.78 is 48.4. The van der Waals surface area contributed by atoms with Crippen LogP contribution in [0.15, 0.2) is 12.1 Å². The maximum atomic E-state index is 14.3. The third kappa shape index (κ3) is 6.54. The molecular weight excluding hydrogens is 527 g/mol. The number of fused-ring (bicyclic) bond motifs is 1. The Balaban J connectivity index is 0.00000507. The van der Waals surface area contributed by atoms with Crippen molar-refractivity contribution < 1.29 is 37.4 Å². The lowest BCUT2D eigenvalue weighted by Gasteiger charge is -2.41. The summed E-state index contributed by atoms with van der Waals surface area (Å²) in [6.45, 7) is 5.69. The Morgan fingerprint density at radius 2 is 1.87 bits per heavy atom. The molecule has 1 fully saturated rings. The van der Waals surface area contributed by atoms with E-state index in [2.05, 4.69) is 5.32 Å². The van der Waals surface area contributed by atoms with E-state index < -0.39 is 41.3 Å². The van der Waals surface area contributed by atoms with Crippen molar-refractivity contribution in [1.82, 2.24) is 10.2 Å². The summed E-state index contributed by atoms with van der Waals surface area (Å²) in [6, 6.07) is 1.30. The van der Waals surface area contributed by atoms with E-state index in [9.17, 15) is 32.7 Å². The van der Waals surface area contributed by atoms with Crippen LogP contribution in [0, 0.1) is 0 Å². The molecule has 1 aliphatic carbocycles. The molecule has 0 spiro atoms. The van der Waals surface area contributed by atoms with Crippen LogP contribution < -0.4 is 15.0 Å². The van der Waals surface area contributed by atoms with E-state index in [1.54, 1.807) is 20.8 Å². The highest BCUT2D eigenvalue weighted by atomic mass is 35.5. The molecule has 0 saturated heterocycles. The maximum absolute atomic E-state index is 14.3. The minimum absolute atomic E-state index is 0. The number of nitrogens with zero attached hydrogens (tertiary/aromatic N) is 2. The molecule has 1 heterocycles. The highest BCUT2D eigenvalue weighted by molar-refractivity contribution is 6.05. The van der Waals surface area contributed by atoms with Gasteiger partial charge in [-0.3, -0.25) is 14.4 Å². The van der Waals surface area contributed by atoms with Gasteiger partial charge in [-0.2, -0.15) is 13.2 Å². The van der Waals surface area contributed by atoms with Crippen LogP contribution in [-0.2, 0) is 15.8 Å². The van der Waals surface area contributed by atoms with Crippen molar-refractivity contribution in [1.29, 1.82) is 0 Å².